The second kappa shape index (κ2) is 4.22. The van der Waals surface area contributed by atoms with Crippen LogP contribution in [0.15, 0.2) is 24.3 Å². The van der Waals surface area contributed by atoms with E-state index in [0.29, 0.717) is 12.8 Å². The van der Waals surface area contributed by atoms with E-state index in [4.69, 9.17) is 0 Å². The molecule has 1 atom stereocenters. The van der Waals surface area contributed by atoms with Gasteiger partial charge in [0.2, 0.25) is 11.8 Å². The van der Waals surface area contributed by atoms with Crippen LogP contribution in [0, 0.1) is 0 Å². The van der Waals surface area contributed by atoms with E-state index >= 15 is 0 Å². The summed E-state index contributed by atoms with van der Waals surface area (Å²) in [7, 11) is 0. The molecule has 0 N–H and O–H groups in total. The number of amides is 2. The minimum Gasteiger partial charge on any atom is -0.312 e. The molecule has 0 saturated carbocycles. The molecule has 0 aromatic heterocycles. The molecule has 3 rings (SSSR count). The minimum atomic E-state index is -4.45. The van der Waals surface area contributed by atoms with Crippen molar-refractivity contribution in [1.29, 1.82) is 0 Å². The Balaban J connectivity index is 1.97. The normalized spacial score (nSPS) is 22.6. The molecule has 2 fully saturated rings. The Labute approximate surface area is 112 Å². The van der Waals surface area contributed by atoms with Gasteiger partial charge in [-0.2, -0.15) is 13.2 Å². The molecular weight excluding hydrogens is 273 g/mol. The van der Waals surface area contributed by atoms with Crippen LogP contribution in [0.3, 0.4) is 0 Å². The van der Waals surface area contributed by atoms with Crippen molar-refractivity contribution in [3.05, 3.63) is 29.8 Å². The van der Waals surface area contributed by atoms with Gasteiger partial charge in [-0.1, -0.05) is 6.07 Å². The number of carbonyl (C=O) groups is 2. The maximum absolute atomic E-state index is 12.7. The maximum atomic E-state index is 12.7. The summed E-state index contributed by atoms with van der Waals surface area (Å²) in [6, 6.07) is 4.64. The Morgan fingerprint density at radius 2 is 1.90 bits per heavy atom. The second-order valence-electron chi connectivity index (χ2n) is 4.85. The molecule has 7 heteroatoms. The lowest BCUT2D eigenvalue weighted by Crippen LogP contribution is -2.36. The van der Waals surface area contributed by atoms with Gasteiger partial charge in [0.15, 0.2) is 0 Å². The van der Waals surface area contributed by atoms with Crippen LogP contribution in [0.5, 0.6) is 0 Å². The van der Waals surface area contributed by atoms with Gasteiger partial charge >= 0.3 is 6.18 Å². The number of benzene rings is 1. The molecule has 0 bridgehead atoms. The van der Waals surface area contributed by atoms with Crippen molar-refractivity contribution in [2.45, 2.75) is 25.2 Å². The van der Waals surface area contributed by atoms with Crippen molar-refractivity contribution in [3.8, 4) is 0 Å². The first-order valence-electron chi connectivity index (χ1n) is 6.17. The predicted octanol–water partition coefficient (Wildman–Crippen LogP) is 2.00. The average molecular weight is 284 g/mol. The molecule has 2 aliphatic heterocycles. The summed E-state index contributed by atoms with van der Waals surface area (Å²) in [5.74, 6) is -0.472. The smallest absolute Gasteiger partial charge is 0.312 e. The molecule has 0 aliphatic carbocycles. The van der Waals surface area contributed by atoms with Crippen molar-refractivity contribution in [1.82, 2.24) is 4.90 Å². The third kappa shape index (κ3) is 1.93. The Morgan fingerprint density at radius 3 is 2.60 bits per heavy atom. The zero-order chi connectivity index (χ0) is 14.5. The zero-order valence-corrected chi connectivity index (χ0v) is 10.4. The Morgan fingerprint density at radius 1 is 1.15 bits per heavy atom. The lowest BCUT2D eigenvalue weighted by molar-refractivity contribution is -0.137. The molecule has 1 aromatic carbocycles. The van der Waals surface area contributed by atoms with Crippen molar-refractivity contribution >= 4 is 17.5 Å². The Kier molecular flexibility index (Phi) is 2.74. The van der Waals surface area contributed by atoms with E-state index in [-0.39, 0.29) is 24.0 Å². The molecule has 4 nitrogen and oxygen atoms in total. The highest BCUT2D eigenvalue weighted by molar-refractivity contribution is 6.02. The van der Waals surface area contributed by atoms with Gasteiger partial charge in [0.25, 0.3) is 0 Å². The fourth-order valence-corrected chi connectivity index (χ4v) is 2.72. The van der Waals surface area contributed by atoms with Crippen LogP contribution in [-0.2, 0) is 15.8 Å². The van der Waals surface area contributed by atoms with Crippen LogP contribution in [-0.4, -0.2) is 29.4 Å². The van der Waals surface area contributed by atoms with Gasteiger partial charge in [-0.25, -0.2) is 0 Å². The second-order valence-corrected chi connectivity index (χ2v) is 4.85. The summed E-state index contributed by atoms with van der Waals surface area (Å²) in [4.78, 5) is 26.2. The lowest BCUT2D eigenvalue weighted by atomic mass is 10.1. The summed E-state index contributed by atoms with van der Waals surface area (Å²) in [6.45, 7) is -0.0558. The van der Waals surface area contributed by atoms with Crippen LogP contribution in [0.4, 0.5) is 18.9 Å². The van der Waals surface area contributed by atoms with E-state index in [1.807, 2.05) is 0 Å². The molecule has 2 saturated heterocycles. The highest BCUT2D eigenvalue weighted by atomic mass is 19.4. The fraction of sp³-hybridized carbons (Fsp3) is 0.385. The summed E-state index contributed by atoms with van der Waals surface area (Å²) in [5.41, 5.74) is -0.613. The van der Waals surface area contributed by atoms with E-state index in [0.717, 1.165) is 12.1 Å². The highest BCUT2D eigenvalue weighted by Crippen LogP contribution is 2.36. The molecule has 0 radical (unpaired) electrons. The van der Waals surface area contributed by atoms with E-state index in [1.54, 1.807) is 0 Å². The number of carbonyl (C=O) groups excluding carboxylic acids is 2. The number of anilines is 1. The van der Waals surface area contributed by atoms with E-state index in [9.17, 15) is 22.8 Å². The Bertz CT molecular complexity index is 585. The van der Waals surface area contributed by atoms with Crippen LogP contribution >= 0.6 is 0 Å². The van der Waals surface area contributed by atoms with Crippen LogP contribution in [0.2, 0.25) is 0 Å². The van der Waals surface area contributed by atoms with Gasteiger partial charge in [-0.3, -0.25) is 14.5 Å². The quantitative estimate of drug-likeness (QED) is 0.791. The lowest BCUT2D eigenvalue weighted by Gasteiger charge is -2.24. The maximum Gasteiger partial charge on any atom is 0.416 e. The van der Waals surface area contributed by atoms with Gasteiger partial charge in [-0.05, 0) is 24.6 Å². The number of halogens is 3. The minimum absolute atomic E-state index is 0.0558. The van der Waals surface area contributed by atoms with Gasteiger partial charge in [-0.15, -0.1) is 0 Å². The summed E-state index contributed by atoms with van der Waals surface area (Å²) in [5, 5.41) is 0. The third-order valence-electron chi connectivity index (χ3n) is 3.62. The van der Waals surface area contributed by atoms with Crippen LogP contribution in [0.25, 0.3) is 0 Å². The number of alkyl halides is 3. The molecule has 1 unspecified atom stereocenters. The van der Waals surface area contributed by atoms with Gasteiger partial charge in [0.1, 0.15) is 12.7 Å². The SMILES string of the molecule is O=C1CCC2N1CC(=O)N2c1cccc(C(F)(F)F)c1. The molecule has 2 amide bonds. The topological polar surface area (TPSA) is 40.6 Å². The first kappa shape index (κ1) is 13.0. The van der Waals surface area contributed by atoms with Crippen molar-refractivity contribution in [2.75, 3.05) is 11.4 Å². The molecule has 2 aliphatic rings. The molecule has 0 spiro atoms. The molecule has 1 aromatic rings. The van der Waals surface area contributed by atoms with Crippen LogP contribution in [0.1, 0.15) is 18.4 Å². The largest absolute Gasteiger partial charge is 0.416 e. The monoisotopic (exact) mass is 284 g/mol. The number of fused-ring (bicyclic) bond motifs is 1. The standard InChI is InChI=1S/C13H11F3N2O2/c14-13(15,16)8-2-1-3-9(6-8)18-10-4-5-11(19)17(10)7-12(18)20/h1-3,6,10H,4-5,7H2. The summed E-state index contributed by atoms with van der Waals surface area (Å²) >= 11 is 0. The van der Waals surface area contributed by atoms with Gasteiger partial charge in [0.05, 0.1) is 5.56 Å². The number of hydrogen-bond donors (Lipinski definition) is 0. The number of hydrogen-bond acceptors (Lipinski definition) is 2. The fourth-order valence-electron chi connectivity index (χ4n) is 2.72. The first-order valence-corrected chi connectivity index (χ1v) is 6.17. The van der Waals surface area contributed by atoms with E-state index < -0.39 is 17.9 Å². The van der Waals surface area contributed by atoms with Crippen LogP contribution < -0.4 is 4.90 Å². The zero-order valence-electron chi connectivity index (χ0n) is 10.4. The van der Waals surface area contributed by atoms with Gasteiger partial charge < -0.3 is 4.90 Å². The summed E-state index contributed by atoms with van der Waals surface area (Å²) in [6.07, 6.45) is -4.11. The molecule has 20 heavy (non-hydrogen) atoms. The Hall–Kier alpha value is -2.05. The number of nitrogens with zero attached hydrogens (tertiary/aromatic N) is 2. The van der Waals surface area contributed by atoms with E-state index in [2.05, 4.69) is 0 Å². The molecule has 106 valence electrons. The highest BCUT2D eigenvalue weighted by Gasteiger charge is 2.45. The first-order chi connectivity index (χ1) is 9.38. The van der Waals surface area contributed by atoms with Crippen molar-refractivity contribution in [3.63, 3.8) is 0 Å². The summed E-state index contributed by atoms with van der Waals surface area (Å²) < 4.78 is 38.1. The molecule has 2 heterocycles. The van der Waals surface area contributed by atoms with E-state index in [1.165, 1.54) is 21.9 Å². The predicted molar refractivity (Wildman–Crippen MR) is 63.7 cm³/mol. The number of rotatable bonds is 1. The third-order valence-corrected chi connectivity index (χ3v) is 3.62. The van der Waals surface area contributed by atoms with Gasteiger partial charge in [0, 0.05) is 12.1 Å². The molecular formula is C13H11F3N2O2. The average Bonchev–Trinajstić information content (AvgIpc) is 2.88. The van der Waals surface area contributed by atoms with Crippen molar-refractivity contribution in [2.24, 2.45) is 0 Å². The van der Waals surface area contributed by atoms with Crippen molar-refractivity contribution < 1.29 is 22.8 Å².